The number of sulfonamides is 1. The molecule has 1 aliphatic heterocycles. The van der Waals surface area contributed by atoms with Gasteiger partial charge in [-0.15, -0.1) is 0 Å². The molecule has 0 unspecified atom stereocenters. The maximum atomic E-state index is 12.7. The topological polar surface area (TPSA) is 101 Å². The van der Waals surface area contributed by atoms with Crippen LogP contribution in [0.1, 0.15) is 30.1 Å². The Bertz CT molecular complexity index is 775. The fourth-order valence-electron chi connectivity index (χ4n) is 3.08. The molecule has 0 bridgehead atoms. The van der Waals surface area contributed by atoms with Crippen molar-refractivity contribution in [2.75, 3.05) is 25.9 Å². The van der Waals surface area contributed by atoms with Gasteiger partial charge < -0.3 is 4.90 Å². The number of hydrogen-bond donors (Lipinski definition) is 0. The summed E-state index contributed by atoms with van der Waals surface area (Å²) in [4.78, 5) is 24.7. The van der Waals surface area contributed by atoms with Gasteiger partial charge in [0.2, 0.25) is 10.0 Å². The molecule has 0 spiro atoms. The van der Waals surface area contributed by atoms with E-state index in [1.54, 1.807) is 17.9 Å². The van der Waals surface area contributed by atoms with Gasteiger partial charge in [-0.3, -0.25) is 14.9 Å². The summed E-state index contributed by atoms with van der Waals surface area (Å²) in [7, 11) is -3.27. The predicted molar refractivity (Wildman–Crippen MR) is 102 cm³/mol. The van der Waals surface area contributed by atoms with Crippen LogP contribution in [0.4, 0.5) is 5.69 Å². The summed E-state index contributed by atoms with van der Waals surface area (Å²) >= 11 is 1.99. The molecule has 1 aromatic rings. The van der Waals surface area contributed by atoms with Crippen molar-refractivity contribution < 1.29 is 18.1 Å². The molecule has 1 saturated heterocycles. The van der Waals surface area contributed by atoms with Crippen molar-refractivity contribution in [2.45, 2.75) is 25.8 Å². The minimum atomic E-state index is -3.27. The molecular formula is C15H20IN3O5S. The van der Waals surface area contributed by atoms with Crippen molar-refractivity contribution in [3.63, 3.8) is 0 Å². The Balaban J connectivity index is 2.12. The van der Waals surface area contributed by atoms with Gasteiger partial charge in [-0.05, 0) is 41.5 Å². The van der Waals surface area contributed by atoms with E-state index in [0.717, 1.165) is 0 Å². The molecule has 0 N–H and O–H groups in total. The van der Waals surface area contributed by atoms with Gasteiger partial charge in [-0.1, -0.05) is 6.92 Å². The quantitative estimate of drug-likeness (QED) is 0.364. The van der Waals surface area contributed by atoms with E-state index in [-0.39, 0.29) is 17.6 Å². The SMILES string of the molecule is CCN(C1CCN(C(=O)c2cc([N+](=O)[O-])ccc2I)CC1)S(C)(=O)=O. The highest BCUT2D eigenvalue weighted by atomic mass is 127. The first-order valence-electron chi connectivity index (χ1n) is 7.85. The number of nitro groups is 1. The molecule has 2 rings (SSSR count). The van der Waals surface area contributed by atoms with Gasteiger partial charge in [0, 0.05) is 41.4 Å². The van der Waals surface area contributed by atoms with Gasteiger partial charge in [0.05, 0.1) is 16.7 Å². The normalized spacial score (nSPS) is 16.2. The Morgan fingerprint density at radius 3 is 2.48 bits per heavy atom. The van der Waals surface area contributed by atoms with Gasteiger partial charge in [0.25, 0.3) is 11.6 Å². The van der Waals surface area contributed by atoms with Gasteiger partial charge >= 0.3 is 0 Å². The van der Waals surface area contributed by atoms with E-state index in [9.17, 15) is 23.3 Å². The van der Waals surface area contributed by atoms with Crippen LogP contribution in [-0.2, 0) is 10.0 Å². The van der Waals surface area contributed by atoms with Crippen molar-refractivity contribution >= 4 is 44.2 Å². The van der Waals surface area contributed by atoms with Crippen LogP contribution < -0.4 is 0 Å². The number of amides is 1. The van der Waals surface area contributed by atoms with Crippen LogP contribution >= 0.6 is 22.6 Å². The number of likely N-dealkylation sites (tertiary alicyclic amines) is 1. The monoisotopic (exact) mass is 481 g/mol. The number of carbonyl (C=O) groups is 1. The highest BCUT2D eigenvalue weighted by Gasteiger charge is 2.31. The second kappa shape index (κ2) is 7.96. The molecule has 1 heterocycles. The van der Waals surface area contributed by atoms with Crippen molar-refractivity contribution in [1.82, 2.24) is 9.21 Å². The number of rotatable bonds is 5. The number of nitrogens with zero attached hydrogens (tertiary/aromatic N) is 3. The van der Waals surface area contributed by atoms with Crippen LogP contribution in [0.25, 0.3) is 0 Å². The van der Waals surface area contributed by atoms with E-state index < -0.39 is 14.9 Å². The molecule has 138 valence electrons. The number of piperidine rings is 1. The Kier molecular flexibility index (Phi) is 6.38. The lowest BCUT2D eigenvalue weighted by Gasteiger charge is -2.37. The number of carbonyl (C=O) groups excluding carboxylic acids is 1. The first kappa shape index (κ1) is 20.0. The van der Waals surface area contributed by atoms with Gasteiger partial charge in [-0.25, -0.2) is 8.42 Å². The molecule has 25 heavy (non-hydrogen) atoms. The summed E-state index contributed by atoms with van der Waals surface area (Å²) in [5.41, 5.74) is 0.191. The van der Waals surface area contributed by atoms with E-state index in [4.69, 9.17) is 0 Å². The molecule has 0 aliphatic carbocycles. The number of halogens is 1. The fourth-order valence-corrected chi connectivity index (χ4v) is 4.87. The molecule has 0 aromatic heterocycles. The average Bonchev–Trinajstić information content (AvgIpc) is 2.54. The highest BCUT2D eigenvalue weighted by molar-refractivity contribution is 14.1. The Morgan fingerprint density at radius 2 is 2.00 bits per heavy atom. The highest BCUT2D eigenvalue weighted by Crippen LogP contribution is 2.24. The second-order valence-electron chi connectivity index (χ2n) is 5.91. The molecular weight excluding hydrogens is 461 g/mol. The van der Waals surface area contributed by atoms with Crippen molar-refractivity contribution in [2.24, 2.45) is 0 Å². The fraction of sp³-hybridized carbons (Fsp3) is 0.533. The lowest BCUT2D eigenvalue weighted by atomic mass is 10.0. The summed E-state index contributed by atoms with van der Waals surface area (Å²) < 4.78 is 25.8. The molecule has 8 nitrogen and oxygen atoms in total. The van der Waals surface area contributed by atoms with E-state index in [1.807, 2.05) is 22.6 Å². The largest absolute Gasteiger partial charge is 0.338 e. The molecule has 1 aromatic carbocycles. The molecule has 10 heteroatoms. The van der Waals surface area contributed by atoms with Crippen LogP contribution in [0.2, 0.25) is 0 Å². The van der Waals surface area contributed by atoms with Crippen LogP contribution in [-0.4, -0.2) is 60.4 Å². The third-order valence-corrected chi connectivity index (χ3v) is 6.64. The number of non-ortho nitro benzene ring substituents is 1. The molecule has 1 fully saturated rings. The van der Waals surface area contributed by atoms with Gasteiger partial charge in [-0.2, -0.15) is 4.31 Å². The minimum absolute atomic E-state index is 0.117. The van der Waals surface area contributed by atoms with Crippen LogP contribution in [0.5, 0.6) is 0 Å². The van der Waals surface area contributed by atoms with E-state index >= 15 is 0 Å². The smallest absolute Gasteiger partial charge is 0.270 e. The van der Waals surface area contributed by atoms with E-state index in [2.05, 4.69) is 0 Å². The van der Waals surface area contributed by atoms with Gasteiger partial charge in [0.15, 0.2) is 0 Å². The zero-order valence-electron chi connectivity index (χ0n) is 14.0. The zero-order valence-corrected chi connectivity index (χ0v) is 17.0. The Morgan fingerprint density at radius 1 is 1.40 bits per heavy atom. The van der Waals surface area contributed by atoms with Crippen molar-refractivity contribution in [3.05, 3.63) is 37.4 Å². The summed E-state index contributed by atoms with van der Waals surface area (Å²) in [5, 5.41) is 10.9. The van der Waals surface area contributed by atoms with E-state index in [1.165, 1.54) is 22.7 Å². The maximum absolute atomic E-state index is 12.7. The lowest BCUT2D eigenvalue weighted by Crippen LogP contribution is -2.48. The summed E-state index contributed by atoms with van der Waals surface area (Å²) in [5.74, 6) is -0.256. The number of nitro benzene ring substituents is 1. The molecule has 0 saturated carbocycles. The molecule has 1 amide bonds. The Hall–Kier alpha value is -1.27. The predicted octanol–water partition coefficient (Wildman–Crippen LogP) is 2.09. The number of hydrogen-bond acceptors (Lipinski definition) is 5. The van der Waals surface area contributed by atoms with Gasteiger partial charge in [0.1, 0.15) is 0 Å². The second-order valence-corrected chi connectivity index (χ2v) is 9.01. The van der Waals surface area contributed by atoms with Crippen LogP contribution in [0.3, 0.4) is 0 Å². The summed E-state index contributed by atoms with van der Waals surface area (Å²) in [6.45, 7) is 3.05. The first-order valence-corrected chi connectivity index (χ1v) is 10.8. The molecule has 0 radical (unpaired) electrons. The third-order valence-electron chi connectivity index (χ3n) is 4.29. The van der Waals surface area contributed by atoms with Crippen molar-refractivity contribution in [1.29, 1.82) is 0 Å². The van der Waals surface area contributed by atoms with Crippen LogP contribution in [0.15, 0.2) is 18.2 Å². The molecule has 0 atom stereocenters. The minimum Gasteiger partial charge on any atom is -0.338 e. The summed E-state index contributed by atoms with van der Waals surface area (Å²) in [6.07, 6.45) is 2.30. The Labute approximate surface area is 160 Å². The lowest BCUT2D eigenvalue weighted by molar-refractivity contribution is -0.384. The maximum Gasteiger partial charge on any atom is 0.270 e. The average molecular weight is 481 g/mol. The summed E-state index contributed by atoms with van der Waals surface area (Å²) in [6, 6.07) is 4.11. The molecule has 1 aliphatic rings. The standard InChI is InChI=1S/C15H20IN3O5S/c1-3-18(25(2,23)24)11-6-8-17(9-7-11)15(20)13-10-12(19(21)22)4-5-14(13)16/h4-5,10-11H,3,6-9H2,1-2H3. The van der Waals surface area contributed by atoms with E-state index in [0.29, 0.717) is 41.6 Å². The van der Waals surface area contributed by atoms with Crippen LogP contribution in [0, 0.1) is 13.7 Å². The first-order chi connectivity index (χ1) is 11.6. The third kappa shape index (κ3) is 4.67. The zero-order chi connectivity index (χ0) is 18.8. The number of benzene rings is 1. The van der Waals surface area contributed by atoms with Crippen molar-refractivity contribution in [3.8, 4) is 0 Å².